The van der Waals surface area contributed by atoms with Crippen molar-refractivity contribution < 1.29 is 13.6 Å². The molecule has 3 nitrogen and oxygen atoms in total. The van der Waals surface area contributed by atoms with E-state index in [1.54, 1.807) is 0 Å². The van der Waals surface area contributed by atoms with Crippen molar-refractivity contribution in [3.63, 3.8) is 0 Å². The first-order valence-corrected chi connectivity index (χ1v) is 6.39. The summed E-state index contributed by atoms with van der Waals surface area (Å²) in [5.41, 5.74) is 4.93. The number of carbonyl (C=O) groups excluding carboxylic acids is 1. The summed E-state index contributed by atoms with van der Waals surface area (Å²) in [6.45, 7) is -1.33. The summed E-state index contributed by atoms with van der Waals surface area (Å²) >= 11 is 0. The van der Waals surface area contributed by atoms with E-state index in [-0.39, 0.29) is 11.8 Å². The van der Waals surface area contributed by atoms with Crippen molar-refractivity contribution in [1.82, 2.24) is 5.32 Å². The Hall–Kier alpha value is -0.710. The summed E-state index contributed by atoms with van der Waals surface area (Å²) in [5.74, 6) is -0.745. The molecule has 0 aromatic heterocycles. The van der Waals surface area contributed by atoms with Gasteiger partial charge in [0.05, 0.1) is 13.1 Å². The summed E-state index contributed by atoms with van der Waals surface area (Å²) in [7, 11) is 0. The number of nitrogens with two attached hydrogens (primary N) is 1. The van der Waals surface area contributed by atoms with Gasteiger partial charge in [-0.2, -0.15) is 0 Å². The van der Waals surface area contributed by atoms with E-state index in [0.717, 1.165) is 0 Å². The Morgan fingerprint density at radius 1 is 1.29 bits per heavy atom. The molecule has 3 aliphatic carbocycles. The van der Waals surface area contributed by atoms with E-state index in [0.29, 0.717) is 23.7 Å². The van der Waals surface area contributed by atoms with Crippen molar-refractivity contribution in [2.75, 3.05) is 13.1 Å². The molecule has 3 fully saturated rings. The van der Waals surface area contributed by atoms with Crippen molar-refractivity contribution >= 4 is 5.91 Å². The molecule has 1 amide bonds. The Bertz CT molecular complexity index is 331. The molecule has 2 bridgehead atoms. The van der Waals surface area contributed by atoms with E-state index in [1.807, 2.05) is 0 Å². The zero-order valence-corrected chi connectivity index (χ0v) is 9.66. The number of alkyl halides is 2. The van der Waals surface area contributed by atoms with Gasteiger partial charge in [-0.25, -0.2) is 8.78 Å². The van der Waals surface area contributed by atoms with Crippen LogP contribution in [-0.2, 0) is 4.79 Å². The third kappa shape index (κ3) is 1.75. The summed E-state index contributed by atoms with van der Waals surface area (Å²) < 4.78 is 25.8. The minimum Gasteiger partial charge on any atom is -0.350 e. The second-order valence-electron chi connectivity index (χ2n) is 5.79. The number of amides is 1. The van der Waals surface area contributed by atoms with E-state index in [9.17, 15) is 13.6 Å². The van der Waals surface area contributed by atoms with Crippen molar-refractivity contribution in [2.24, 2.45) is 35.3 Å². The summed E-state index contributed by atoms with van der Waals surface area (Å²) in [5, 5.41) is 2.36. The van der Waals surface area contributed by atoms with Gasteiger partial charge in [-0.05, 0) is 42.9 Å². The van der Waals surface area contributed by atoms with Crippen LogP contribution in [0.25, 0.3) is 0 Å². The summed E-state index contributed by atoms with van der Waals surface area (Å²) in [4.78, 5) is 11.8. The predicted octanol–water partition coefficient (Wildman–Crippen LogP) is 0.989. The Kier molecular flexibility index (Phi) is 2.44. The van der Waals surface area contributed by atoms with Crippen LogP contribution in [0.15, 0.2) is 0 Å². The predicted molar refractivity (Wildman–Crippen MR) is 58.3 cm³/mol. The largest absolute Gasteiger partial charge is 0.350 e. The maximum absolute atomic E-state index is 12.9. The van der Waals surface area contributed by atoms with Crippen LogP contribution in [0.4, 0.5) is 8.78 Å². The van der Waals surface area contributed by atoms with Gasteiger partial charge in [0, 0.05) is 5.92 Å². The Morgan fingerprint density at radius 2 is 1.88 bits per heavy atom. The van der Waals surface area contributed by atoms with Crippen LogP contribution in [0, 0.1) is 29.6 Å². The van der Waals surface area contributed by atoms with Crippen LogP contribution in [-0.4, -0.2) is 24.9 Å². The molecule has 17 heavy (non-hydrogen) atoms. The number of halogens is 2. The molecule has 0 radical (unpaired) electrons. The first-order chi connectivity index (χ1) is 8.03. The number of rotatable bonds is 4. The standard InChI is InChI=1S/C12H18F2N2O/c13-12(14,4-15)5-16-11(17)10-8-6-1-2-7(3-6)9(8)10/h6-10H,1-5,15H2,(H,16,17). The van der Waals surface area contributed by atoms with E-state index < -0.39 is 19.0 Å². The van der Waals surface area contributed by atoms with Gasteiger partial charge < -0.3 is 11.1 Å². The van der Waals surface area contributed by atoms with Gasteiger partial charge >= 0.3 is 0 Å². The van der Waals surface area contributed by atoms with Crippen molar-refractivity contribution in [3.8, 4) is 0 Å². The normalized spacial score (nSPS) is 42.4. The highest BCUT2D eigenvalue weighted by atomic mass is 19.3. The average molecular weight is 244 g/mol. The van der Waals surface area contributed by atoms with E-state index in [1.165, 1.54) is 19.3 Å². The number of hydrogen-bond donors (Lipinski definition) is 2. The average Bonchev–Trinajstić information content (AvgIpc) is 2.75. The van der Waals surface area contributed by atoms with Gasteiger partial charge in [0.25, 0.3) is 5.92 Å². The second-order valence-corrected chi connectivity index (χ2v) is 5.79. The zero-order chi connectivity index (χ0) is 12.2. The van der Waals surface area contributed by atoms with Gasteiger partial charge in [0.15, 0.2) is 0 Å². The minimum absolute atomic E-state index is 0.0230. The highest BCUT2D eigenvalue weighted by Gasteiger charge is 2.67. The molecule has 0 spiro atoms. The van der Waals surface area contributed by atoms with Crippen LogP contribution in [0.1, 0.15) is 19.3 Å². The molecule has 0 aliphatic heterocycles. The molecule has 3 saturated carbocycles. The monoisotopic (exact) mass is 244 g/mol. The topological polar surface area (TPSA) is 55.1 Å². The lowest BCUT2D eigenvalue weighted by Crippen LogP contribution is -2.42. The van der Waals surface area contributed by atoms with Crippen LogP contribution in [0.2, 0.25) is 0 Å². The van der Waals surface area contributed by atoms with Crippen LogP contribution < -0.4 is 11.1 Å². The maximum atomic E-state index is 12.9. The fourth-order valence-electron chi connectivity index (χ4n) is 4.08. The molecule has 4 atom stereocenters. The van der Waals surface area contributed by atoms with Crippen LogP contribution in [0.5, 0.6) is 0 Å². The quantitative estimate of drug-likeness (QED) is 0.775. The molecule has 0 heterocycles. The molecule has 4 unspecified atom stereocenters. The van der Waals surface area contributed by atoms with Gasteiger partial charge in [-0.1, -0.05) is 0 Å². The number of fused-ring (bicyclic) bond motifs is 5. The SMILES string of the molecule is NCC(F)(F)CNC(=O)C1C2C3CCC(C3)C12. The van der Waals surface area contributed by atoms with Gasteiger partial charge in [0.1, 0.15) is 0 Å². The lowest BCUT2D eigenvalue weighted by atomic mass is 10.0. The Morgan fingerprint density at radius 3 is 2.41 bits per heavy atom. The van der Waals surface area contributed by atoms with E-state index in [4.69, 9.17) is 5.73 Å². The lowest BCUT2D eigenvalue weighted by Gasteiger charge is -2.15. The third-order valence-electron chi connectivity index (χ3n) is 4.86. The Labute approximate surface area is 99.1 Å². The molecular formula is C12H18F2N2O. The number of hydrogen-bond acceptors (Lipinski definition) is 2. The number of carbonyl (C=O) groups is 1. The minimum atomic E-state index is -2.97. The summed E-state index contributed by atoms with van der Waals surface area (Å²) in [6, 6.07) is 0. The third-order valence-corrected chi connectivity index (χ3v) is 4.86. The fourth-order valence-corrected chi connectivity index (χ4v) is 4.08. The zero-order valence-electron chi connectivity index (χ0n) is 9.66. The maximum Gasteiger partial charge on any atom is 0.277 e. The summed E-state index contributed by atoms with van der Waals surface area (Å²) in [6.07, 6.45) is 3.72. The fraction of sp³-hybridized carbons (Fsp3) is 0.917. The first-order valence-electron chi connectivity index (χ1n) is 6.39. The molecule has 3 aliphatic rings. The second kappa shape index (κ2) is 3.64. The van der Waals surface area contributed by atoms with Gasteiger partial charge in [-0.3, -0.25) is 4.79 Å². The molecule has 0 saturated heterocycles. The van der Waals surface area contributed by atoms with E-state index >= 15 is 0 Å². The molecule has 5 heteroatoms. The van der Waals surface area contributed by atoms with Crippen molar-refractivity contribution in [3.05, 3.63) is 0 Å². The lowest BCUT2D eigenvalue weighted by molar-refractivity contribution is -0.125. The van der Waals surface area contributed by atoms with Crippen LogP contribution >= 0.6 is 0 Å². The smallest absolute Gasteiger partial charge is 0.277 e. The first kappa shape index (κ1) is 11.4. The van der Waals surface area contributed by atoms with Crippen molar-refractivity contribution in [2.45, 2.75) is 25.2 Å². The van der Waals surface area contributed by atoms with Gasteiger partial charge in [0.2, 0.25) is 5.91 Å². The van der Waals surface area contributed by atoms with Crippen molar-refractivity contribution in [1.29, 1.82) is 0 Å². The highest BCUT2D eigenvalue weighted by molar-refractivity contribution is 5.82. The molecular weight excluding hydrogens is 226 g/mol. The molecule has 0 aromatic carbocycles. The molecule has 3 N–H and O–H groups in total. The molecule has 96 valence electrons. The van der Waals surface area contributed by atoms with Crippen LogP contribution in [0.3, 0.4) is 0 Å². The highest BCUT2D eigenvalue weighted by Crippen LogP contribution is 2.69. The molecule has 0 aromatic rings. The Balaban J connectivity index is 1.53. The number of nitrogens with one attached hydrogen (secondary N) is 1. The molecule has 3 rings (SSSR count). The van der Waals surface area contributed by atoms with E-state index in [2.05, 4.69) is 5.32 Å². The van der Waals surface area contributed by atoms with Gasteiger partial charge in [-0.15, -0.1) is 0 Å².